The first-order chi connectivity index (χ1) is 14.5. The summed E-state index contributed by atoms with van der Waals surface area (Å²) in [5, 5.41) is 12.7. The third-order valence-electron chi connectivity index (χ3n) is 7.06. The summed E-state index contributed by atoms with van der Waals surface area (Å²) in [7, 11) is 0. The van der Waals surface area contributed by atoms with Gasteiger partial charge in [0.2, 0.25) is 11.8 Å². The fraction of sp³-hybridized carbons (Fsp3) is 0.696. The normalized spacial score (nSPS) is 29.5. The highest BCUT2D eigenvalue weighted by Gasteiger charge is 2.50. The smallest absolute Gasteiger partial charge is 0.230 e. The van der Waals surface area contributed by atoms with Gasteiger partial charge >= 0.3 is 0 Å². The van der Waals surface area contributed by atoms with Gasteiger partial charge in [-0.25, -0.2) is 4.98 Å². The number of aromatic nitrogens is 1. The molecule has 0 bridgehead atoms. The van der Waals surface area contributed by atoms with Gasteiger partial charge < -0.3 is 20.2 Å². The molecule has 0 aromatic carbocycles. The predicted molar refractivity (Wildman–Crippen MR) is 116 cm³/mol. The minimum Gasteiger partial charge on any atom is -0.393 e. The van der Waals surface area contributed by atoms with Gasteiger partial charge in [0.25, 0.3) is 0 Å². The Bertz CT molecular complexity index is 760. The van der Waals surface area contributed by atoms with E-state index < -0.39 is 0 Å². The zero-order valence-electron chi connectivity index (χ0n) is 18.0. The number of amides is 2. The average Bonchev–Trinajstić information content (AvgIpc) is 3.05. The Hall–Kier alpha value is -2.15. The van der Waals surface area contributed by atoms with Crippen LogP contribution in [-0.2, 0) is 9.59 Å². The lowest BCUT2D eigenvalue weighted by Crippen LogP contribution is -2.50. The molecule has 3 fully saturated rings. The van der Waals surface area contributed by atoms with Crippen molar-refractivity contribution in [1.82, 2.24) is 9.88 Å². The summed E-state index contributed by atoms with van der Waals surface area (Å²) in [6, 6.07) is 4.13. The highest BCUT2D eigenvalue weighted by atomic mass is 16.3. The van der Waals surface area contributed by atoms with Crippen molar-refractivity contribution in [2.24, 2.45) is 5.41 Å². The number of anilines is 2. The van der Waals surface area contributed by atoms with Crippen molar-refractivity contribution in [2.75, 3.05) is 29.9 Å². The molecule has 2 aliphatic heterocycles. The van der Waals surface area contributed by atoms with Crippen LogP contribution in [-0.4, -0.2) is 58.6 Å². The van der Waals surface area contributed by atoms with E-state index in [1.807, 2.05) is 19.1 Å². The number of nitrogens with zero attached hydrogens (tertiary/aromatic N) is 3. The number of hydrogen-bond acceptors (Lipinski definition) is 5. The summed E-state index contributed by atoms with van der Waals surface area (Å²) in [6.45, 7) is 4.44. The van der Waals surface area contributed by atoms with Crippen molar-refractivity contribution >= 4 is 23.3 Å². The van der Waals surface area contributed by atoms with Crippen molar-refractivity contribution in [3.8, 4) is 0 Å². The van der Waals surface area contributed by atoms with Crippen LogP contribution in [0.25, 0.3) is 0 Å². The molecule has 2 N–H and O–H groups in total. The van der Waals surface area contributed by atoms with Gasteiger partial charge in [0.15, 0.2) is 0 Å². The molecule has 0 unspecified atom stereocenters. The van der Waals surface area contributed by atoms with Crippen LogP contribution in [0.1, 0.15) is 64.7 Å². The highest BCUT2D eigenvalue weighted by Crippen LogP contribution is 2.43. The van der Waals surface area contributed by atoms with Gasteiger partial charge in [-0.1, -0.05) is 6.92 Å². The van der Waals surface area contributed by atoms with Crippen LogP contribution in [0.5, 0.6) is 0 Å². The van der Waals surface area contributed by atoms with Gasteiger partial charge in [0.05, 0.1) is 23.4 Å². The van der Waals surface area contributed by atoms with Gasteiger partial charge in [-0.3, -0.25) is 9.59 Å². The van der Waals surface area contributed by atoms with Gasteiger partial charge in [0.1, 0.15) is 5.82 Å². The number of nitrogens with one attached hydrogen (secondary N) is 1. The second kappa shape index (κ2) is 8.92. The summed E-state index contributed by atoms with van der Waals surface area (Å²) in [6.07, 6.45) is 9.12. The standard InChI is InChI=1S/C23H34N4O3/c1-2-4-21(29)25-17-5-10-20(24-15-17)26-13-3-11-23(16-26)12-14-27(22(23)30)18-6-8-19(28)9-7-18/h5,10,15,18-19,28H,2-4,6-9,11-14,16H2,1H3,(H,25,29)/t18-,19-,23-/m1/s1. The molecule has 1 spiro atoms. The van der Waals surface area contributed by atoms with Crippen LogP contribution in [0.2, 0.25) is 0 Å². The fourth-order valence-corrected chi connectivity index (χ4v) is 5.37. The molecule has 1 atom stereocenters. The third-order valence-corrected chi connectivity index (χ3v) is 7.06. The number of pyridine rings is 1. The van der Waals surface area contributed by atoms with Crippen molar-refractivity contribution in [3.63, 3.8) is 0 Å². The summed E-state index contributed by atoms with van der Waals surface area (Å²) in [4.78, 5) is 34.1. The molecule has 2 saturated heterocycles. The topological polar surface area (TPSA) is 85.8 Å². The highest BCUT2D eigenvalue weighted by molar-refractivity contribution is 5.90. The Balaban J connectivity index is 1.40. The molecule has 164 valence electrons. The lowest BCUT2D eigenvalue weighted by atomic mass is 9.78. The molecule has 30 heavy (non-hydrogen) atoms. The Morgan fingerprint density at radius 1 is 1.23 bits per heavy atom. The van der Waals surface area contributed by atoms with Crippen molar-refractivity contribution in [3.05, 3.63) is 18.3 Å². The van der Waals surface area contributed by atoms with Gasteiger partial charge in [-0.2, -0.15) is 0 Å². The largest absolute Gasteiger partial charge is 0.393 e. The lowest BCUT2D eigenvalue weighted by Gasteiger charge is -2.41. The van der Waals surface area contributed by atoms with Crippen LogP contribution in [0.3, 0.4) is 0 Å². The second-order valence-corrected chi connectivity index (χ2v) is 9.22. The van der Waals surface area contributed by atoms with Gasteiger partial charge in [0, 0.05) is 32.1 Å². The van der Waals surface area contributed by atoms with Gasteiger partial charge in [-0.15, -0.1) is 0 Å². The predicted octanol–water partition coefficient (Wildman–Crippen LogP) is 2.94. The second-order valence-electron chi connectivity index (χ2n) is 9.22. The average molecular weight is 415 g/mol. The molecule has 4 rings (SSSR count). The Kier molecular flexibility index (Phi) is 6.27. The molecule has 7 heteroatoms. The number of carbonyl (C=O) groups is 2. The SMILES string of the molecule is CCCC(=O)Nc1ccc(N2CCC[C@@]3(CCN([C@H]4CC[C@H](O)CC4)C3=O)C2)nc1. The van der Waals surface area contributed by atoms with E-state index in [-0.39, 0.29) is 17.4 Å². The van der Waals surface area contributed by atoms with E-state index in [1.54, 1.807) is 6.20 Å². The van der Waals surface area contributed by atoms with E-state index in [2.05, 4.69) is 20.1 Å². The lowest BCUT2D eigenvalue weighted by molar-refractivity contribution is -0.139. The van der Waals surface area contributed by atoms with Crippen LogP contribution >= 0.6 is 0 Å². The number of piperidine rings is 1. The maximum Gasteiger partial charge on any atom is 0.230 e. The quantitative estimate of drug-likeness (QED) is 0.774. The molecule has 3 aliphatic rings. The van der Waals surface area contributed by atoms with Crippen molar-refractivity contribution < 1.29 is 14.7 Å². The van der Waals surface area contributed by atoms with Crippen LogP contribution < -0.4 is 10.2 Å². The summed E-state index contributed by atoms with van der Waals surface area (Å²) < 4.78 is 0. The Morgan fingerprint density at radius 3 is 2.73 bits per heavy atom. The first kappa shape index (κ1) is 21.1. The maximum absolute atomic E-state index is 13.4. The molecular formula is C23H34N4O3. The number of carbonyl (C=O) groups excluding carboxylic acids is 2. The number of likely N-dealkylation sites (tertiary alicyclic amines) is 1. The molecule has 2 amide bonds. The number of aliphatic hydroxyl groups is 1. The molecule has 3 heterocycles. The van der Waals surface area contributed by atoms with Crippen molar-refractivity contribution in [1.29, 1.82) is 0 Å². The first-order valence-corrected chi connectivity index (χ1v) is 11.5. The molecule has 7 nitrogen and oxygen atoms in total. The Morgan fingerprint density at radius 2 is 2.03 bits per heavy atom. The monoisotopic (exact) mass is 414 g/mol. The molecule has 1 saturated carbocycles. The Labute approximate surface area is 178 Å². The minimum atomic E-state index is -0.302. The van der Waals surface area contributed by atoms with E-state index in [0.717, 1.165) is 70.3 Å². The van der Waals surface area contributed by atoms with Crippen LogP contribution in [0.4, 0.5) is 11.5 Å². The zero-order valence-corrected chi connectivity index (χ0v) is 18.0. The molecule has 1 aromatic heterocycles. The third kappa shape index (κ3) is 4.31. The number of rotatable bonds is 5. The van der Waals surface area contributed by atoms with Crippen molar-refractivity contribution in [2.45, 2.75) is 76.9 Å². The number of hydrogen-bond donors (Lipinski definition) is 2. The minimum absolute atomic E-state index is 0.0100. The first-order valence-electron chi connectivity index (χ1n) is 11.5. The van der Waals surface area contributed by atoms with E-state index in [9.17, 15) is 14.7 Å². The van der Waals surface area contributed by atoms with Crippen LogP contribution in [0, 0.1) is 5.41 Å². The zero-order chi connectivity index (χ0) is 21.1. The summed E-state index contributed by atoms with van der Waals surface area (Å²) in [5.41, 5.74) is 0.413. The van der Waals surface area contributed by atoms with E-state index in [1.165, 1.54) is 0 Å². The van der Waals surface area contributed by atoms with Gasteiger partial charge in [-0.05, 0) is 63.5 Å². The molecule has 0 radical (unpaired) electrons. The maximum atomic E-state index is 13.4. The van der Waals surface area contributed by atoms with E-state index in [4.69, 9.17) is 0 Å². The van der Waals surface area contributed by atoms with E-state index in [0.29, 0.717) is 30.6 Å². The summed E-state index contributed by atoms with van der Waals surface area (Å²) >= 11 is 0. The number of aliphatic hydroxyl groups excluding tert-OH is 1. The van der Waals surface area contributed by atoms with Crippen LogP contribution in [0.15, 0.2) is 18.3 Å². The molecule has 1 aliphatic carbocycles. The molecule has 1 aromatic rings. The fourth-order valence-electron chi connectivity index (χ4n) is 5.37. The molecular weight excluding hydrogens is 380 g/mol. The summed E-state index contributed by atoms with van der Waals surface area (Å²) in [5.74, 6) is 1.18. The van der Waals surface area contributed by atoms with E-state index >= 15 is 0 Å².